The lowest BCUT2D eigenvalue weighted by Gasteiger charge is -2.41. The number of hydrogen-bond donors (Lipinski definition) is 2. The van der Waals surface area contributed by atoms with Gasteiger partial charge in [-0.05, 0) is 26.7 Å². The van der Waals surface area contributed by atoms with Gasteiger partial charge in [0.1, 0.15) is 11.7 Å². The summed E-state index contributed by atoms with van der Waals surface area (Å²) in [7, 11) is 0. The Kier molecular flexibility index (Phi) is 3.81. The molecule has 2 N–H and O–H groups in total. The topological polar surface area (TPSA) is 70.2 Å². The van der Waals surface area contributed by atoms with Crippen molar-refractivity contribution in [1.29, 1.82) is 0 Å². The molecule has 1 aromatic rings. The predicted octanol–water partition coefficient (Wildman–Crippen LogP) is 1.86. The summed E-state index contributed by atoms with van der Waals surface area (Å²) in [6.45, 7) is 4.37. The number of piperidine rings is 1. The number of anilines is 2. The Morgan fingerprint density at radius 1 is 1.43 bits per heavy atom. The molecule has 6 nitrogen and oxygen atoms in total. The molecule has 1 saturated heterocycles. The van der Waals surface area contributed by atoms with Gasteiger partial charge in [0.25, 0.3) is 5.91 Å². The number of amides is 1. The van der Waals surface area contributed by atoms with Crippen molar-refractivity contribution in [3.63, 3.8) is 0 Å². The van der Waals surface area contributed by atoms with E-state index in [-0.39, 0.29) is 11.9 Å². The zero-order valence-corrected chi connectivity index (χ0v) is 12.9. The van der Waals surface area contributed by atoms with Gasteiger partial charge in [-0.2, -0.15) is 13.2 Å². The summed E-state index contributed by atoms with van der Waals surface area (Å²) >= 11 is 0. The van der Waals surface area contributed by atoms with Crippen LogP contribution >= 0.6 is 0 Å². The van der Waals surface area contributed by atoms with Gasteiger partial charge in [-0.3, -0.25) is 4.79 Å². The van der Waals surface area contributed by atoms with Crippen LogP contribution in [0.5, 0.6) is 0 Å². The first-order valence-corrected chi connectivity index (χ1v) is 7.53. The molecule has 0 aliphatic carbocycles. The number of rotatable bonds is 2. The summed E-state index contributed by atoms with van der Waals surface area (Å²) in [6, 6.07) is -1.71. The molecule has 2 bridgehead atoms. The van der Waals surface area contributed by atoms with Crippen molar-refractivity contribution >= 4 is 17.4 Å². The molecule has 0 saturated carbocycles. The van der Waals surface area contributed by atoms with Gasteiger partial charge >= 0.3 is 6.18 Å². The molecule has 3 rings (SSSR count). The molecule has 0 unspecified atom stereocenters. The number of nitrogens with zero attached hydrogens (tertiary/aromatic N) is 3. The van der Waals surface area contributed by atoms with E-state index < -0.39 is 18.1 Å². The number of alkyl halides is 3. The van der Waals surface area contributed by atoms with Crippen LogP contribution < -0.4 is 15.5 Å². The van der Waals surface area contributed by atoms with Crippen molar-refractivity contribution < 1.29 is 18.0 Å². The van der Waals surface area contributed by atoms with Crippen LogP contribution in [0, 0.1) is 6.92 Å². The maximum Gasteiger partial charge on any atom is 0.408 e. The first-order chi connectivity index (χ1) is 10.8. The van der Waals surface area contributed by atoms with E-state index in [4.69, 9.17) is 0 Å². The van der Waals surface area contributed by atoms with Gasteiger partial charge in [0, 0.05) is 19.1 Å². The van der Waals surface area contributed by atoms with E-state index in [0.717, 1.165) is 38.5 Å². The molecule has 23 heavy (non-hydrogen) atoms. The van der Waals surface area contributed by atoms with Gasteiger partial charge in [-0.1, -0.05) is 0 Å². The van der Waals surface area contributed by atoms with Gasteiger partial charge < -0.3 is 15.5 Å². The standard InChI is InChI=1S/C14H18F3N5O/c1-7-10-11(20-9-4-3-5-22(10)6-9)21-12(18-7)13(23)19-8(2)14(15,16)17/h8-9H,3-6H2,1-2H3,(H,19,23)(H,18,20,21)/t8-,9+/m1/s1. The molecule has 1 amide bonds. The quantitative estimate of drug-likeness (QED) is 0.867. The number of fused-ring (bicyclic) bond motifs is 4. The van der Waals surface area contributed by atoms with Crippen LogP contribution in [0.1, 0.15) is 36.1 Å². The van der Waals surface area contributed by atoms with Gasteiger partial charge in [-0.25, -0.2) is 9.97 Å². The molecule has 1 aromatic heterocycles. The summed E-state index contributed by atoms with van der Waals surface area (Å²) in [5.74, 6) is -0.641. The highest BCUT2D eigenvalue weighted by Gasteiger charge is 2.38. The largest absolute Gasteiger partial charge is 0.408 e. The minimum absolute atomic E-state index is 0.244. The fourth-order valence-electron chi connectivity index (χ4n) is 2.98. The Bertz CT molecular complexity index is 634. The van der Waals surface area contributed by atoms with E-state index in [0.29, 0.717) is 11.5 Å². The lowest BCUT2D eigenvalue weighted by atomic mass is 10.0. The number of halogens is 3. The molecule has 126 valence electrons. The maximum atomic E-state index is 12.6. The molecule has 9 heteroatoms. The van der Waals surface area contributed by atoms with Crippen molar-refractivity contribution in [3.8, 4) is 0 Å². The Morgan fingerprint density at radius 2 is 2.17 bits per heavy atom. The lowest BCUT2D eigenvalue weighted by Crippen LogP contribution is -2.47. The first kappa shape index (κ1) is 15.8. The zero-order chi connectivity index (χ0) is 16.8. The van der Waals surface area contributed by atoms with Crippen molar-refractivity contribution in [1.82, 2.24) is 15.3 Å². The Balaban J connectivity index is 1.86. The van der Waals surface area contributed by atoms with E-state index in [1.54, 1.807) is 6.92 Å². The Morgan fingerprint density at radius 3 is 2.87 bits per heavy atom. The smallest absolute Gasteiger partial charge is 0.365 e. The predicted molar refractivity (Wildman–Crippen MR) is 78.6 cm³/mol. The summed E-state index contributed by atoms with van der Waals surface area (Å²) in [5.41, 5.74) is 1.43. The molecular formula is C14H18F3N5O. The second-order valence-corrected chi connectivity index (χ2v) is 6.00. The van der Waals surface area contributed by atoms with Crippen LogP contribution in [0.3, 0.4) is 0 Å². The van der Waals surface area contributed by atoms with Crippen molar-refractivity contribution in [2.75, 3.05) is 23.3 Å². The fraction of sp³-hybridized carbons (Fsp3) is 0.643. The third-order valence-electron chi connectivity index (χ3n) is 4.18. The van der Waals surface area contributed by atoms with Gasteiger partial charge in [0.2, 0.25) is 5.82 Å². The molecule has 2 aliphatic heterocycles. The number of carbonyl (C=O) groups excluding carboxylic acids is 1. The number of hydrogen-bond acceptors (Lipinski definition) is 5. The average Bonchev–Trinajstić information content (AvgIpc) is 2.45. The van der Waals surface area contributed by atoms with Gasteiger partial charge in [0.15, 0.2) is 5.82 Å². The monoisotopic (exact) mass is 329 g/mol. The number of nitrogens with one attached hydrogen (secondary N) is 2. The highest BCUT2D eigenvalue weighted by molar-refractivity contribution is 5.92. The minimum atomic E-state index is -4.50. The SMILES string of the molecule is Cc1nc(C(=O)N[C@H](C)C(F)(F)F)nc2c1N1CCC[C@@H](C1)N2. The van der Waals surface area contributed by atoms with Crippen molar-refractivity contribution in [2.45, 2.75) is 44.9 Å². The highest BCUT2D eigenvalue weighted by atomic mass is 19.4. The number of aryl methyl sites for hydroxylation is 1. The summed E-state index contributed by atoms with van der Waals surface area (Å²) in [6.07, 6.45) is -2.44. The Hall–Kier alpha value is -2.06. The molecule has 2 atom stereocenters. The molecular weight excluding hydrogens is 311 g/mol. The van der Waals surface area contributed by atoms with Crippen LogP contribution in [0.4, 0.5) is 24.7 Å². The third kappa shape index (κ3) is 3.04. The maximum absolute atomic E-state index is 12.6. The van der Waals surface area contributed by atoms with Crippen molar-refractivity contribution in [3.05, 3.63) is 11.5 Å². The van der Waals surface area contributed by atoms with Gasteiger partial charge in [0.05, 0.1) is 5.69 Å². The minimum Gasteiger partial charge on any atom is -0.365 e. The van der Waals surface area contributed by atoms with Crippen LogP contribution in [0.15, 0.2) is 0 Å². The highest BCUT2D eigenvalue weighted by Crippen LogP contribution is 2.35. The van der Waals surface area contributed by atoms with E-state index in [1.165, 1.54) is 0 Å². The van der Waals surface area contributed by atoms with Crippen LogP contribution in [-0.2, 0) is 0 Å². The van der Waals surface area contributed by atoms with Crippen LogP contribution in [0.2, 0.25) is 0 Å². The molecule has 0 radical (unpaired) electrons. The van der Waals surface area contributed by atoms with Crippen LogP contribution in [0.25, 0.3) is 0 Å². The van der Waals surface area contributed by atoms with Crippen LogP contribution in [-0.4, -0.2) is 47.2 Å². The first-order valence-electron chi connectivity index (χ1n) is 7.53. The average molecular weight is 329 g/mol. The number of carbonyl (C=O) groups is 1. The molecule has 2 aliphatic rings. The third-order valence-corrected chi connectivity index (χ3v) is 4.18. The molecule has 0 spiro atoms. The second kappa shape index (κ2) is 5.54. The number of aromatic nitrogens is 2. The molecule has 1 fully saturated rings. The molecule has 0 aromatic carbocycles. The normalized spacial score (nSPS) is 21.3. The summed E-state index contributed by atoms with van der Waals surface area (Å²) in [5, 5.41) is 5.14. The summed E-state index contributed by atoms with van der Waals surface area (Å²) in [4.78, 5) is 22.4. The summed E-state index contributed by atoms with van der Waals surface area (Å²) < 4.78 is 37.7. The van der Waals surface area contributed by atoms with E-state index in [2.05, 4.69) is 20.2 Å². The Labute approximate surface area is 131 Å². The van der Waals surface area contributed by atoms with E-state index in [9.17, 15) is 18.0 Å². The molecule has 3 heterocycles. The second-order valence-electron chi connectivity index (χ2n) is 6.00. The lowest BCUT2D eigenvalue weighted by molar-refractivity contribution is -0.149. The fourth-order valence-corrected chi connectivity index (χ4v) is 2.98. The zero-order valence-electron chi connectivity index (χ0n) is 12.9. The van der Waals surface area contributed by atoms with E-state index in [1.807, 2.05) is 5.32 Å². The van der Waals surface area contributed by atoms with Crippen molar-refractivity contribution in [2.24, 2.45) is 0 Å². The van der Waals surface area contributed by atoms with Gasteiger partial charge in [-0.15, -0.1) is 0 Å². The van der Waals surface area contributed by atoms with E-state index >= 15 is 0 Å².